The lowest BCUT2D eigenvalue weighted by atomic mass is 9.87. The molecule has 25 heavy (non-hydrogen) atoms. The van der Waals surface area contributed by atoms with E-state index in [1.807, 2.05) is 55.5 Å². The number of rotatable bonds is 3. The van der Waals surface area contributed by atoms with Crippen molar-refractivity contribution in [2.75, 3.05) is 0 Å². The molecule has 0 saturated carbocycles. The molecule has 3 aromatic rings. The first kappa shape index (κ1) is 17.4. The summed E-state index contributed by atoms with van der Waals surface area (Å²) in [5.41, 5.74) is 3.87. The highest BCUT2D eigenvalue weighted by Gasteiger charge is 2.17. The summed E-state index contributed by atoms with van der Waals surface area (Å²) < 4.78 is 5.60. The minimum absolute atomic E-state index is 0.0597. The Morgan fingerprint density at radius 3 is 2.20 bits per heavy atom. The van der Waals surface area contributed by atoms with Crippen LogP contribution in [0.15, 0.2) is 58.2 Å². The average molecular weight is 352 g/mol. The molecule has 4 nitrogen and oxygen atoms in total. The van der Waals surface area contributed by atoms with Crippen LogP contribution in [0.2, 0.25) is 0 Å². The Balaban J connectivity index is 1.72. The van der Waals surface area contributed by atoms with Crippen molar-refractivity contribution in [1.29, 1.82) is 0 Å². The molecule has 0 bridgehead atoms. The Hall–Kier alpha value is -2.40. The predicted molar refractivity (Wildman–Crippen MR) is 99.8 cm³/mol. The summed E-state index contributed by atoms with van der Waals surface area (Å²) in [6, 6.07) is 15.5. The van der Waals surface area contributed by atoms with Gasteiger partial charge in [-0.25, -0.2) is 0 Å². The first-order chi connectivity index (χ1) is 11.8. The van der Waals surface area contributed by atoms with Crippen molar-refractivity contribution in [2.45, 2.75) is 38.3 Å². The molecule has 0 aliphatic rings. The number of aromatic nitrogens is 2. The maximum Gasteiger partial charge on any atom is 0.284 e. The second-order valence-corrected chi connectivity index (χ2v) is 7.88. The van der Waals surface area contributed by atoms with Gasteiger partial charge >= 0.3 is 0 Å². The third-order valence-electron chi connectivity index (χ3n) is 3.87. The summed E-state index contributed by atoms with van der Waals surface area (Å²) in [6.45, 7) is 8.44. The average Bonchev–Trinajstić information content (AvgIpc) is 3.03. The van der Waals surface area contributed by atoms with Gasteiger partial charge in [-0.05, 0) is 30.0 Å². The molecule has 0 N–H and O–H groups in total. The molecule has 2 aromatic carbocycles. The molecular weight excluding hydrogens is 332 g/mol. The van der Waals surface area contributed by atoms with Crippen LogP contribution < -0.4 is 0 Å². The number of carbonyl (C=O) groups excluding carboxylic acids is 1. The summed E-state index contributed by atoms with van der Waals surface area (Å²) >= 11 is 0.950. The van der Waals surface area contributed by atoms with Gasteiger partial charge in [-0.15, -0.1) is 10.2 Å². The highest BCUT2D eigenvalue weighted by atomic mass is 32.2. The summed E-state index contributed by atoms with van der Waals surface area (Å²) in [6.07, 6.45) is 0. The molecule has 5 heteroatoms. The van der Waals surface area contributed by atoms with Crippen LogP contribution in [0.1, 0.15) is 42.3 Å². The fourth-order valence-electron chi connectivity index (χ4n) is 2.31. The van der Waals surface area contributed by atoms with Crippen LogP contribution in [0.5, 0.6) is 0 Å². The molecule has 1 heterocycles. The molecule has 0 unspecified atom stereocenters. The summed E-state index contributed by atoms with van der Waals surface area (Å²) in [7, 11) is 0. The molecule has 3 rings (SSSR count). The topological polar surface area (TPSA) is 56.0 Å². The summed E-state index contributed by atoms with van der Waals surface area (Å²) in [5, 5.41) is 8.12. The van der Waals surface area contributed by atoms with Gasteiger partial charge in [-0.2, -0.15) is 0 Å². The van der Waals surface area contributed by atoms with Gasteiger partial charge in [0.05, 0.1) is 0 Å². The molecule has 0 saturated heterocycles. The van der Waals surface area contributed by atoms with Crippen LogP contribution in [-0.4, -0.2) is 15.3 Å². The van der Waals surface area contributed by atoms with Crippen molar-refractivity contribution < 1.29 is 9.21 Å². The molecule has 0 aliphatic heterocycles. The minimum atomic E-state index is -0.112. The molecule has 0 atom stereocenters. The van der Waals surface area contributed by atoms with Gasteiger partial charge in [-0.3, -0.25) is 4.79 Å². The minimum Gasteiger partial charge on any atom is -0.411 e. The standard InChI is InChI=1S/C20H20N2O2S/c1-13-5-7-14(8-6-13)17-21-22-19(24-17)25-18(23)15-9-11-16(12-10-15)20(2,3)4/h5-12H,1-4H3. The molecule has 1 aromatic heterocycles. The normalized spacial score (nSPS) is 11.5. The van der Waals surface area contributed by atoms with Gasteiger partial charge in [-0.1, -0.05) is 62.7 Å². The van der Waals surface area contributed by atoms with E-state index in [-0.39, 0.29) is 15.8 Å². The zero-order valence-corrected chi connectivity index (χ0v) is 15.6. The number of thioether (sulfide) groups is 1. The van der Waals surface area contributed by atoms with Gasteiger partial charge < -0.3 is 4.42 Å². The quantitative estimate of drug-likeness (QED) is 0.601. The van der Waals surface area contributed by atoms with Crippen molar-refractivity contribution in [1.82, 2.24) is 10.2 Å². The highest BCUT2D eigenvalue weighted by molar-refractivity contribution is 8.14. The Labute approximate surface area is 151 Å². The van der Waals surface area contributed by atoms with Crippen molar-refractivity contribution in [3.05, 3.63) is 65.2 Å². The number of benzene rings is 2. The van der Waals surface area contributed by atoms with E-state index in [4.69, 9.17) is 4.42 Å². The van der Waals surface area contributed by atoms with Crippen molar-refractivity contribution in [3.8, 4) is 11.5 Å². The largest absolute Gasteiger partial charge is 0.411 e. The molecule has 128 valence electrons. The number of carbonyl (C=O) groups is 1. The zero-order chi connectivity index (χ0) is 18.0. The molecule has 0 fully saturated rings. The van der Waals surface area contributed by atoms with E-state index in [0.717, 1.165) is 22.9 Å². The molecule has 0 spiro atoms. The summed E-state index contributed by atoms with van der Waals surface area (Å²) in [4.78, 5) is 12.4. The van der Waals surface area contributed by atoms with Crippen molar-refractivity contribution in [3.63, 3.8) is 0 Å². The smallest absolute Gasteiger partial charge is 0.284 e. The molecular formula is C20H20N2O2S. The van der Waals surface area contributed by atoms with Crippen LogP contribution >= 0.6 is 11.8 Å². The maximum absolute atomic E-state index is 12.4. The van der Waals surface area contributed by atoms with Crippen LogP contribution in [0.25, 0.3) is 11.5 Å². The van der Waals surface area contributed by atoms with E-state index in [0.29, 0.717) is 11.5 Å². The second kappa shape index (κ2) is 6.84. The Kier molecular flexibility index (Phi) is 4.77. The van der Waals surface area contributed by atoms with Crippen molar-refractivity contribution in [2.24, 2.45) is 0 Å². The van der Waals surface area contributed by atoms with Gasteiger partial charge in [0.2, 0.25) is 11.0 Å². The fourth-order valence-corrected chi connectivity index (χ4v) is 2.92. The van der Waals surface area contributed by atoms with Gasteiger partial charge in [0.1, 0.15) is 0 Å². The van der Waals surface area contributed by atoms with Crippen LogP contribution in [0.3, 0.4) is 0 Å². The van der Waals surface area contributed by atoms with E-state index < -0.39 is 0 Å². The van der Waals surface area contributed by atoms with Gasteiger partial charge in [0, 0.05) is 22.9 Å². The molecule has 0 amide bonds. The van der Waals surface area contributed by atoms with Crippen molar-refractivity contribution >= 4 is 16.9 Å². The highest BCUT2D eigenvalue weighted by Crippen LogP contribution is 2.27. The van der Waals surface area contributed by atoms with Crippen LogP contribution in [0, 0.1) is 6.92 Å². The van der Waals surface area contributed by atoms with E-state index in [1.54, 1.807) is 0 Å². The van der Waals surface area contributed by atoms with E-state index >= 15 is 0 Å². The second-order valence-electron chi connectivity index (χ2n) is 6.96. The number of hydrogen-bond acceptors (Lipinski definition) is 5. The molecule has 0 aliphatic carbocycles. The number of aryl methyl sites for hydroxylation is 1. The Morgan fingerprint density at radius 1 is 0.960 bits per heavy atom. The van der Waals surface area contributed by atoms with Crippen LogP contribution in [0.4, 0.5) is 0 Å². The lowest BCUT2D eigenvalue weighted by Crippen LogP contribution is -2.11. The zero-order valence-electron chi connectivity index (χ0n) is 14.7. The van der Waals surface area contributed by atoms with E-state index in [1.165, 1.54) is 5.56 Å². The lowest BCUT2D eigenvalue weighted by molar-refractivity contribution is 0.108. The van der Waals surface area contributed by atoms with E-state index in [2.05, 4.69) is 31.0 Å². The first-order valence-electron chi connectivity index (χ1n) is 8.06. The van der Waals surface area contributed by atoms with Gasteiger partial charge in [0.15, 0.2) is 0 Å². The maximum atomic E-state index is 12.4. The number of hydrogen-bond donors (Lipinski definition) is 0. The molecule has 0 radical (unpaired) electrons. The lowest BCUT2D eigenvalue weighted by Gasteiger charge is -2.18. The van der Waals surface area contributed by atoms with Crippen LogP contribution in [-0.2, 0) is 5.41 Å². The summed E-state index contributed by atoms with van der Waals surface area (Å²) in [5.74, 6) is 0.415. The third kappa shape index (κ3) is 4.17. The monoisotopic (exact) mass is 352 g/mol. The SMILES string of the molecule is Cc1ccc(-c2nnc(SC(=O)c3ccc(C(C)(C)C)cc3)o2)cc1. The Bertz CT molecular complexity index is 875. The Morgan fingerprint density at radius 2 is 1.60 bits per heavy atom. The third-order valence-corrected chi connectivity index (χ3v) is 4.63. The predicted octanol–water partition coefficient (Wildman–Crippen LogP) is 5.28. The van der Waals surface area contributed by atoms with Gasteiger partial charge in [0.25, 0.3) is 5.22 Å². The fraction of sp³-hybridized carbons (Fsp3) is 0.250. The first-order valence-corrected chi connectivity index (χ1v) is 8.88. The number of nitrogens with zero attached hydrogens (tertiary/aromatic N) is 2. The van der Waals surface area contributed by atoms with E-state index in [9.17, 15) is 4.79 Å².